The lowest BCUT2D eigenvalue weighted by Gasteiger charge is -2.59. The van der Waals surface area contributed by atoms with Crippen LogP contribution in [-0.2, 0) is 19.1 Å². The molecule has 0 N–H and O–H groups in total. The van der Waals surface area contributed by atoms with Gasteiger partial charge in [0.15, 0.2) is 0 Å². The number of ether oxygens (including phenoxy) is 1. The van der Waals surface area contributed by atoms with Crippen LogP contribution in [0, 0.1) is 22.2 Å². The van der Waals surface area contributed by atoms with Gasteiger partial charge < -0.3 is 4.74 Å². The number of ketones is 2. The highest BCUT2D eigenvalue weighted by Crippen LogP contribution is 2.63. The van der Waals surface area contributed by atoms with Crippen LogP contribution in [0.5, 0.6) is 0 Å². The fourth-order valence-corrected chi connectivity index (χ4v) is 4.35. The summed E-state index contributed by atoms with van der Waals surface area (Å²) in [6.45, 7) is 9.85. The second-order valence-corrected chi connectivity index (χ2v) is 8.29. The summed E-state index contributed by atoms with van der Waals surface area (Å²) in [6.07, 6.45) is 4.78. The van der Waals surface area contributed by atoms with E-state index in [2.05, 4.69) is 6.92 Å². The third-order valence-corrected chi connectivity index (χ3v) is 6.52. The zero-order valence-corrected chi connectivity index (χ0v) is 15.2. The normalized spacial score (nSPS) is 35.4. The SMILES string of the molecule is CCCCCCOC(=O)[C@H]1C[C@@]2(C)C(=O)C[C@]1(C)C(=O)C2(C)C. The van der Waals surface area contributed by atoms with Crippen molar-refractivity contribution in [2.24, 2.45) is 22.2 Å². The van der Waals surface area contributed by atoms with Crippen LogP contribution in [-0.4, -0.2) is 24.1 Å². The summed E-state index contributed by atoms with van der Waals surface area (Å²) in [5.41, 5.74) is -2.37. The highest BCUT2D eigenvalue weighted by Gasteiger charge is 2.70. The molecule has 3 aliphatic rings. The number of carbonyl (C=O) groups excluding carboxylic acids is 3. The molecule has 0 spiro atoms. The van der Waals surface area contributed by atoms with Crippen LogP contribution in [0.15, 0.2) is 0 Å². The maximum absolute atomic E-state index is 13.0. The maximum atomic E-state index is 13.0. The molecule has 130 valence electrons. The standard InChI is InChI=1S/C19H30O4/c1-6-7-8-9-10-23-15(21)13-11-19(5)14(20)12-18(13,4)16(22)17(19,2)3/h13H,6-12H2,1-5H3/t13-,18+,19+/m1/s1. The van der Waals surface area contributed by atoms with Crippen molar-refractivity contribution in [2.75, 3.05) is 6.61 Å². The first-order chi connectivity index (χ1) is 10.6. The summed E-state index contributed by atoms with van der Waals surface area (Å²) in [5, 5.41) is 0. The molecule has 3 saturated carbocycles. The third kappa shape index (κ3) is 2.64. The molecule has 0 heterocycles. The molecule has 4 nitrogen and oxygen atoms in total. The zero-order chi connectivity index (χ0) is 17.5. The second kappa shape index (κ2) is 6.03. The van der Waals surface area contributed by atoms with Gasteiger partial charge >= 0.3 is 5.97 Å². The van der Waals surface area contributed by atoms with E-state index in [0.717, 1.165) is 25.7 Å². The van der Waals surface area contributed by atoms with E-state index in [-0.39, 0.29) is 24.0 Å². The van der Waals surface area contributed by atoms with Gasteiger partial charge in [0.1, 0.15) is 11.6 Å². The number of unbranched alkanes of at least 4 members (excludes halogenated alkanes) is 3. The smallest absolute Gasteiger partial charge is 0.309 e. The van der Waals surface area contributed by atoms with Gasteiger partial charge in [-0.1, -0.05) is 53.9 Å². The minimum absolute atomic E-state index is 0.0336. The Labute approximate surface area is 139 Å². The molecule has 0 saturated heterocycles. The van der Waals surface area contributed by atoms with Crippen LogP contribution in [0.2, 0.25) is 0 Å². The van der Waals surface area contributed by atoms with Gasteiger partial charge in [0.2, 0.25) is 0 Å². The van der Waals surface area contributed by atoms with Crippen molar-refractivity contribution in [3.63, 3.8) is 0 Å². The van der Waals surface area contributed by atoms with Crippen molar-refractivity contribution in [1.82, 2.24) is 0 Å². The molecule has 2 bridgehead atoms. The van der Waals surface area contributed by atoms with Crippen LogP contribution in [0.4, 0.5) is 0 Å². The van der Waals surface area contributed by atoms with Crippen molar-refractivity contribution in [3.05, 3.63) is 0 Å². The van der Waals surface area contributed by atoms with Crippen molar-refractivity contribution < 1.29 is 19.1 Å². The number of fused-ring (bicyclic) bond motifs is 3. The fraction of sp³-hybridized carbons (Fsp3) is 0.842. The number of rotatable bonds is 6. The molecular formula is C19H30O4. The zero-order valence-electron chi connectivity index (χ0n) is 15.2. The first-order valence-corrected chi connectivity index (χ1v) is 8.86. The Morgan fingerprint density at radius 2 is 1.78 bits per heavy atom. The summed E-state index contributed by atoms with van der Waals surface area (Å²) in [6, 6.07) is 0. The summed E-state index contributed by atoms with van der Waals surface area (Å²) in [4.78, 5) is 38.0. The lowest BCUT2D eigenvalue weighted by atomic mass is 9.40. The third-order valence-electron chi connectivity index (χ3n) is 6.52. The Morgan fingerprint density at radius 1 is 1.13 bits per heavy atom. The van der Waals surface area contributed by atoms with Crippen molar-refractivity contribution in [2.45, 2.75) is 73.1 Å². The average Bonchev–Trinajstić information content (AvgIpc) is 2.48. The van der Waals surface area contributed by atoms with E-state index in [4.69, 9.17) is 4.74 Å². The Kier molecular flexibility index (Phi) is 4.76. The number of hydrogen-bond donors (Lipinski definition) is 0. The summed E-state index contributed by atoms with van der Waals surface area (Å²) in [7, 11) is 0. The molecule has 0 aromatic carbocycles. The van der Waals surface area contributed by atoms with Crippen molar-refractivity contribution in [1.29, 1.82) is 0 Å². The molecule has 4 heteroatoms. The number of hydrogen-bond acceptors (Lipinski definition) is 4. The summed E-state index contributed by atoms with van der Waals surface area (Å²) >= 11 is 0. The van der Waals surface area contributed by atoms with Gasteiger partial charge in [-0.3, -0.25) is 14.4 Å². The molecule has 0 aliphatic heterocycles. The lowest BCUT2D eigenvalue weighted by molar-refractivity contribution is -0.190. The molecule has 3 atom stereocenters. The molecule has 3 rings (SSSR count). The Hall–Kier alpha value is -1.19. The molecule has 0 aromatic rings. The highest BCUT2D eigenvalue weighted by atomic mass is 16.5. The van der Waals surface area contributed by atoms with Gasteiger partial charge in [0.05, 0.1) is 12.5 Å². The number of carbonyl (C=O) groups is 3. The van der Waals surface area contributed by atoms with Crippen LogP contribution in [0.3, 0.4) is 0 Å². The minimum atomic E-state index is -0.904. The summed E-state index contributed by atoms with van der Waals surface area (Å²) in [5.74, 6) is -0.647. The van der Waals surface area contributed by atoms with Crippen LogP contribution >= 0.6 is 0 Å². The van der Waals surface area contributed by atoms with Crippen LogP contribution in [0.1, 0.15) is 73.1 Å². The van der Waals surface area contributed by atoms with Gasteiger partial charge in [0.25, 0.3) is 0 Å². The van der Waals surface area contributed by atoms with Crippen molar-refractivity contribution in [3.8, 4) is 0 Å². The van der Waals surface area contributed by atoms with Gasteiger partial charge in [-0.05, 0) is 12.8 Å². The molecule has 3 aliphatic carbocycles. The predicted molar refractivity (Wildman–Crippen MR) is 87.8 cm³/mol. The lowest BCUT2D eigenvalue weighted by Crippen LogP contribution is -2.67. The Balaban J connectivity index is 2.12. The maximum Gasteiger partial charge on any atom is 0.309 e. The molecule has 0 amide bonds. The fourth-order valence-electron chi connectivity index (χ4n) is 4.35. The largest absolute Gasteiger partial charge is 0.465 e. The minimum Gasteiger partial charge on any atom is -0.465 e. The van der Waals surface area contributed by atoms with Gasteiger partial charge in [-0.2, -0.15) is 0 Å². The van der Waals surface area contributed by atoms with Gasteiger partial charge in [0, 0.05) is 22.7 Å². The Bertz CT molecular complexity index is 521. The first-order valence-electron chi connectivity index (χ1n) is 8.86. The van der Waals surface area contributed by atoms with Crippen LogP contribution < -0.4 is 0 Å². The molecular weight excluding hydrogens is 292 g/mol. The number of esters is 1. The molecule has 3 fully saturated rings. The van der Waals surface area contributed by atoms with Gasteiger partial charge in [-0.25, -0.2) is 0 Å². The van der Waals surface area contributed by atoms with E-state index in [1.54, 1.807) is 6.92 Å². The van der Waals surface area contributed by atoms with Crippen molar-refractivity contribution >= 4 is 17.5 Å². The van der Waals surface area contributed by atoms with E-state index in [1.807, 2.05) is 20.8 Å². The van der Waals surface area contributed by atoms with Gasteiger partial charge in [-0.15, -0.1) is 0 Å². The summed E-state index contributed by atoms with van der Waals surface area (Å²) < 4.78 is 5.44. The van der Waals surface area contributed by atoms with E-state index in [0.29, 0.717) is 13.0 Å². The quantitative estimate of drug-likeness (QED) is 0.552. The molecule has 0 aromatic heterocycles. The highest BCUT2D eigenvalue weighted by molar-refractivity contribution is 6.08. The predicted octanol–water partition coefficient (Wildman–Crippen LogP) is 3.71. The first kappa shape index (κ1) is 18.2. The molecule has 0 radical (unpaired) electrons. The second-order valence-electron chi connectivity index (χ2n) is 8.29. The van der Waals surface area contributed by atoms with E-state index in [9.17, 15) is 14.4 Å². The topological polar surface area (TPSA) is 60.4 Å². The monoisotopic (exact) mass is 322 g/mol. The van der Waals surface area contributed by atoms with E-state index >= 15 is 0 Å². The molecule has 0 unspecified atom stereocenters. The Morgan fingerprint density at radius 3 is 2.39 bits per heavy atom. The molecule has 23 heavy (non-hydrogen) atoms. The number of Topliss-reactive ketones (excluding diaryl/α,β-unsaturated/α-hetero) is 2. The average molecular weight is 322 g/mol. The van der Waals surface area contributed by atoms with Crippen LogP contribution in [0.25, 0.3) is 0 Å². The van der Waals surface area contributed by atoms with E-state index in [1.165, 1.54) is 0 Å². The van der Waals surface area contributed by atoms with E-state index < -0.39 is 22.2 Å².